The second-order valence-electron chi connectivity index (χ2n) is 6.48. The highest BCUT2D eigenvalue weighted by molar-refractivity contribution is 7.07. The van der Waals surface area contributed by atoms with Gasteiger partial charge < -0.3 is 4.90 Å². The van der Waals surface area contributed by atoms with Crippen molar-refractivity contribution < 1.29 is 4.79 Å². The molecule has 1 amide bonds. The highest BCUT2D eigenvalue weighted by Crippen LogP contribution is 2.28. The van der Waals surface area contributed by atoms with Crippen LogP contribution < -0.4 is 0 Å². The van der Waals surface area contributed by atoms with Gasteiger partial charge in [0.2, 0.25) is 5.91 Å². The fourth-order valence-electron chi connectivity index (χ4n) is 3.58. The quantitative estimate of drug-likeness (QED) is 0.833. The van der Waals surface area contributed by atoms with Crippen LogP contribution in [0.25, 0.3) is 0 Å². The SMILES string of the molecule is O=C(CCC1CCCC1)N1CCN(Cc2ccsc2)CC1. The third-order valence-electron chi connectivity index (χ3n) is 4.95. The number of carbonyl (C=O) groups is 1. The molecular formula is C17H26N2OS. The molecule has 1 saturated carbocycles. The topological polar surface area (TPSA) is 23.6 Å². The van der Waals surface area contributed by atoms with Gasteiger partial charge in [-0.05, 0) is 34.7 Å². The van der Waals surface area contributed by atoms with E-state index >= 15 is 0 Å². The summed E-state index contributed by atoms with van der Waals surface area (Å²) in [5.74, 6) is 1.21. The number of carbonyl (C=O) groups excluding carboxylic acids is 1. The fourth-order valence-corrected chi connectivity index (χ4v) is 4.24. The summed E-state index contributed by atoms with van der Waals surface area (Å²) in [6.45, 7) is 4.89. The van der Waals surface area contributed by atoms with Crippen molar-refractivity contribution in [3.05, 3.63) is 22.4 Å². The monoisotopic (exact) mass is 306 g/mol. The van der Waals surface area contributed by atoms with Crippen LogP contribution in [0, 0.1) is 5.92 Å². The van der Waals surface area contributed by atoms with Crippen LogP contribution in [-0.2, 0) is 11.3 Å². The average Bonchev–Trinajstić information content (AvgIpc) is 3.19. The predicted molar refractivity (Wildman–Crippen MR) is 87.4 cm³/mol. The van der Waals surface area contributed by atoms with E-state index in [2.05, 4.69) is 26.6 Å². The van der Waals surface area contributed by atoms with Crippen molar-refractivity contribution >= 4 is 17.2 Å². The Morgan fingerprint density at radius 2 is 1.95 bits per heavy atom. The number of hydrogen-bond donors (Lipinski definition) is 0. The van der Waals surface area contributed by atoms with E-state index in [1.807, 2.05) is 0 Å². The van der Waals surface area contributed by atoms with E-state index in [4.69, 9.17) is 0 Å². The maximum Gasteiger partial charge on any atom is 0.222 e. The van der Waals surface area contributed by atoms with E-state index in [1.165, 1.54) is 31.2 Å². The highest BCUT2D eigenvalue weighted by Gasteiger charge is 2.22. The Bertz CT molecular complexity index is 432. The first-order valence-corrected chi connectivity index (χ1v) is 9.27. The lowest BCUT2D eigenvalue weighted by atomic mass is 10.0. The van der Waals surface area contributed by atoms with Crippen LogP contribution in [0.3, 0.4) is 0 Å². The van der Waals surface area contributed by atoms with Gasteiger partial charge in [0.15, 0.2) is 0 Å². The van der Waals surface area contributed by atoms with E-state index in [0.29, 0.717) is 5.91 Å². The van der Waals surface area contributed by atoms with Crippen LogP contribution in [0.4, 0.5) is 0 Å². The molecule has 4 heteroatoms. The Balaban J connectivity index is 1.37. The summed E-state index contributed by atoms with van der Waals surface area (Å²) >= 11 is 1.76. The molecule has 0 atom stereocenters. The first-order chi connectivity index (χ1) is 10.3. The van der Waals surface area contributed by atoms with Gasteiger partial charge in [0.05, 0.1) is 0 Å². The number of hydrogen-bond acceptors (Lipinski definition) is 3. The second-order valence-corrected chi connectivity index (χ2v) is 7.26. The summed E-state index contributed by atoms with van der Waals surface area (Å²) in [5.41, 5.74) is 1.40. The Hall–Kier alpha value is -0.870. The first-order valence-electron chi connectivity index (χ1n) is 8.32. The maximum atomic E-state index is 12.3. The lowest BCUT2D eigenvalue weighted by molar-refractivity contribution is -0.133. The van der Waals surface area contributed by atoms with Crippen LogP contribution in [0.15, 0.2) is 16.8 Å². The number of piperazine rings is 1. The van der Waals surface area contributed by atoms with Crippen LogP contribution in [0.1, 0.15) is 44.1 Å². The van der Waals surface area contributed by atoms with Gasteiger partial charge >= 0.3 is 0 Å². The molecule has 1 aromatic rings. The Labute approximate surface area is 131 Å². The maximum absolute atomic E-state index is 12.3. The number of thiophene rings is 1. The Morgan fingerprint density at radius 1 is 1.19 bits per heavy atom. The van der Waals surface area contributed by atoms with Crippen molar-refractivity contribution in [2.24, 2.45) is 5.92 Å². The zero-order chi connectivity index (χ0) is 14.5. The lowest BCUT2D eigenvalue weighted by Gasteiger charge is -2.34. The lowest BCUT2D eigenvalue weighted by Crippen LogP contribution is -2.48. The molecule has 3 rings (SSSR count). The van der Waals surface area contributed by atoms with Gasteiger partial charge in [0.1, 0.15) is 0 Å². The van der Waals surface area contributed by atoms with E-state index in [-0.39, 0.29) is 0 Å². The molecule has 1 aromatic heterocycles. The van der Waals surface area contributed by atoms with E-state index in [1.54, 1.807) is 11.3 Å². The van der Waals surface area contributed by atoms with Gasteiger partial charge in [0.25, 0.3) is 0 Å². The molecule has 0 bridgehead atoms. The molecule has 2 aliphatic rings. The average molecular weight is 306 g/mol. The Morgan fingerprint density at radius 3 is 2.62 bits per heavy atom. The van der Waals surface area contributed by atoms with Gasteiger partial charge in [-0.25, -0.2) is 0 Å². The van der Waals surface area contributed by atoms with Gasteiger partial charge in [-0.1, -0.05) is 25.7 Å². The van der Waals surface area contributed by atoms with Crippen molar-refractivity contribution in [1.29, 1.82) is 0 Å². The number of rotatable bonds is 5. The van der Waals surface area contributed by atoms with Gasteiger partial charge in [-0.2, -0.15) is 11.3 Å². The summed E-state index contributed by atoms with van der Waals surface area (Å²) in [6.07, 6.45) is 7.34. The molecule has 0 spiro atoms. The summed E-state index contributed by atoms with van der Waals surface area (Å²) in [4.78, 5) is 16.8. The fraction of sp³-hybridized carbons (Fsp3) is 0.706. The molecule has 2 fully saturated rings. The van der Waals surface area contributed by atoms with Crippen molar-refractivity contribution in [2.45, 2.75) is 45.1 Å². The minimum absolute atomic E-state index is 0.386. The normalized spacial score (nSPS) is 21.0. The van der Waals surface area contributed by atoms with Gasteiger partial charge in [-0.15, -0.1) is 0 Å². The van der Waals surface area contributed by atoms with Crippen LogP contribution in [0.5, 0.6) is 0 Å². The minimum Gasteiger partial charge on any atom is -0.340 e. The van der Waals surface area contributed by atoms with E-state index in [9.17, 15) is 4.79 Å². The molecule has 0 unspecified atom stereocenters. The molecule has 2 heterocycles. The standard InChI is InChI=1S/C17H26N2OS/c20-17(6-5-15-3-1-2-4-15)19-10-8-18(9-11-19)13-16-7-12-21-14-16/h7,12,14-15H,1-6,8-11,13H2. The van der Waals surface area contributed by atoms with Crippen LogP contribution in [-0.4, -0.2) is 41.9 Å². The number of amides is 1. The van der Waals surface area contributed by atoms with Crippen LogP contribution >= 0.6 is 11.3 Å². The third-order valence-corrected chi connectivity index (χ3v) is 5.68. The number of nitrogens with zero attached hydrogens (tertiary/aromatic N) is 2. The Kier molecular flexibility index (Phi) is 5.31. The van der Waals surface area contributed by atoms with E-state index in [0.717, 1.165) is 51.5 Å². The van der Waals surface area contributed by atoms with Gasteiger partial charge in [0, 0.05) is 39.1 Å². The van der Waals surface area contributed by atoms with Crippen molar-refractivity contribution in [3.8, 4) is 0 Å². The molecule has 0 N–H and O–H groups in total. The minimum atomic E-state index is 0.386. The molecular weight excluding hydrogens is 280 g/mol. The molecule has 1 aliphatic carbocycles. The highest BCUT2D eigenvalue weighted by atomic mass is 32.1. The summed E-state index contributed by atoms with van der Waals surface area (Å²) in [5, 5.41) is 4.36. The molecule has 21 heavy (non-hydrogen) atoms. The third kappa shape index (κ3) is 4.30. The predicted octanol–water partition coefficient (Wildman–Crippen LogP) is 3.36. The smallest absolute Gasteiger partial charge is 0.222 e. The summed E-state index contributed by atoms with van der Waals surface area (Å²) in [6, 6.07) is 2.20. The van der Waals surface area contributed by atoms with E-state index < -0.39 is 0 Å². The zero-order valence-electron chi connectivity index (χ0n) is 12.8. The second kappa shape index (κ2) is 7.41. The zero-order valence-corrected chi connectivity index (χ0v) is 13.6. The summed E-state index contributed by atoms with van der Waals surface area (Å²) < 4.78 is 0. The molecule has 0 radical (unpaired) electrons. The van der Waals surface area contributed by atoms with Crippen LogP contribution in [0.2, 0.25) is 0 Å². The first kappa shape index (κ1) is 15.0. The summed E-state index contributed by atoms with van der Waals surface area (Å²) in [7, 11) is 0. The van der Waals surface area contributed by atoms with Crippen molar-refractivity contribution in [1.82, 2.24) is 9.80 Å². The molecule has 3 nitrogen and oxygen atoms in total. The van der Waals surface area contributed by atoms with Gasteiger partial charge in [-0.3, -0.25) is 9.69 Å². The van der Waals surface area contributed by atoms with Crippen molar-refractivity contribution in [2.75, 3.05) is 26.2 Å². The molecule has 1 saturated heterocycles. The molecule has 116 valence electrons. The largest absolute Gasteiger partial charge is 0.340 e. The molecule has 1 aliphatic heterocycles. The van der Waals surface area contributed by atoms with Crippen molar-refractivity contribution in [3.63, 3.8) is 0 Å². The molecule has 0 aromatic carbocycles.